The molecular formula is C23H24N4O3. The van der Waals surface area contributed by atoms with E-state index >= 15 is 0 Å². The van der Waals surface area contributed by atoms with Crippen LogP contribution in [0.5, 0.6) is 0 Å². The van der Waals surface area contributed by atoms with Gasteiger partial charge in [0.05, 0.1) is 11.6 Å². The summed E-state index contributed by atoms with van der Waals surface area (Å²) in [5.74, 6) is -0.665. The van der Waals surface area contributed by atoms with Crippen LogP contribution in [0, 0.1) is 5.92 Å². The third-order valence-electron chi connectivity index (χ3n) is 5.40. The number of carbonyl (C=O) groups excluding carboxylic acids is 3. The number of nitrogens with zero attached hydrogens (tertiary/aromatic N) is 3. The molecule has 1 unspecified atom stereocenters. The topological polar surface area (TPSA) is 82.1 Å². The van der Waals surface area contributed by atoms with Crippen LogP contribution in [0.3, 0.4) is 0 Å². The number of anilines is 2. The Hall–Kier alpha value is -3.48. The number of likely N-dealkylation sites (tertiary alicyclic amines) is 1. The van der Waals surface area contributed by atoms with Gasteiger partial charge in [0.2, 0.25) is 11.8 Å². The zero-order valence-electron chi connectivity index (χ0n) is 16.7. The normalized spacial score (nSPS) is 19.3. The molecule has 4 rings (SSSR count). The third-order valence-corrected chi connectivity index (χ3v) is 5.40. The Balaban J connectivity index is 1.45. The average Bonchev–Trinajstić information content (AvgIpc) is 2.80. The average molecular weight is 404 g/mol. The van der Waals surface area contributed by atoms with Crippen molar-refractivity contribution in [2.45, 2.75) is 25.7 Å². The summed E-state index contributed by atoms with van der Waals surface area (Å²) in [5, 5.41) is 8.59. The second-order valence-corrected chi connectivity index (χ2v) is 7.53. The van der Waals surface area contributed by atoms with Crippen molar-refractivity contribution >= 4 is 34.8 Å². The molecule has 1 saturated heterocycles. The number of carbonyl (C=O) groups is 3. The lowest BCUT2D eigenvalue weighted by Gasteiger charge is -2.33. The third kappa shape index (κ3) is 4.40. The van der Waals surface area contributed by atoms with Gasteiger partial charge < -0.3 is 10.2 Å². The molecule has 2 aromatic carbocycles. The van der Waals surface area contributed by atoms with Crippen molar-refractivity contribution in [3.05, 3.63) is 60.7 Å². The summed E-state index contributed by atoms with van der Waals surface area (Å²) in [7, 11) is 0. The number of piperidine rings is 1. The summed E-state index contributed by atoms with van der Waals surface area (Å²) in [6.45, 7) is 0.946. The predicted molar refractivity (Wildman–Crippen MR) is 115 cm³/mol. The van der Waals surface area contributed by atoms with E-state index in [-0.39, 0.29) is 30.1 Å². The summed E-state index contributed by atoms with van der Waals surface area (Å²) in [6, 6.07) is 18.4. The van der Waals surface area contributed by atoms with E-state index in [4.69, 9.17) is 0 Å². The Morgan fingerprint density at radius 2 is 1.67 bits per heavy atom. The fourth-order valence-corrected chi connectivity index (χ4v) is 3.80. The van der Waals surface area contributed by atoms with E-state index in [0.717, 1.165) is 18.5 Å². The smallest absolute Gasteiger partial charge is 0.270 e. The molecular weight excluding hydrogens is 380 g/mol. The van der Waals surface area contributed by atoms with Crippen LogP contribution in [0.4, 0.5) is 11.4 Å². The summed E-state index contributed by atoms with van der Waals surface area (Å²) in [6.07, 6.45) is 2.06. The molecule has 0 aliphatic carbocycles. The van der Waals surface area contributed by atoms with Crippen molar-refractivity contribution in [2.75, 3.05) is 23.4 Å². The van der Waals surface area contributed by atoms with Gasteiger partial charge >= 0.3 is 0 Å². The first-order chi connectivity index (χ1) is 14.6. The van der Waals surface area contributed by atoms with Crippen LogP contribution < -0.4 is 10.3 Å². The minimum Gasteiger partial charge on any atom is -0.337 e. The molecule has 0 radical (unpaired) electrons. The fourth-order valence-electron chi connectivity index (χ4n) is 3.80. The summed E-state index contributed by atoms with van der Waals surface area (Å²) in [4.78, 5) is 39.7. The van der Waals surface area contributed by atoms with Crippen LogP contribution in [-0.2, 0) is 14.4 Å². The molecule has 0 aromatic heterocycles. The number of hydrogen-bond acceptors (Lipinski definition) is 4. The molecule has 2 aromatic rings. The maximum Gasteiger partial charge on any atom is 0.270 e. The Labute approximate surface area is 175 Å². The lowest BCUT2D eigenvalue weighted by molar-refractivity contribution is -0.128. The molecule has 0 bridgehead atoms. The van der Waals surface area contributed by atoms with Crippen LogP contribution in [0.2, 0.25) is 0 Å². The second-order valence-electron chi connectivity index (χ2n) is 7.53. The number of amides is 3. The van der Waals surface area contributed by atoms with Gasteiger partial charge in [0.1, 0.15) is 5.71 Å². The van der Waals surface area contributed by atoms with Gasteiger partial charge in [-0.1, -0.05) is 36.4 Å². The van der Waals surface area contributed by atoms with Gasteiger partial charge in [0, 0.05) is 31.6 Å². The van der Waals surface area contributed by atoms with Crippen LogP contribution in [-0.4, -0.2) is 41.4 Å². The first-order valence-corrected chi connectivity index (χ1v) is 10.2. The van der Waals surface area contributed by atoms with Crippen molar-refractivity contribution in [1.29, 1.82) is 0 Å². The highest BCUT2D eigenvalue weighted by Gasteiger charge is 2.33. The van der Waals surface area contributed by atoms with Gasteiger partial charge in [-0.25, -0.2) is 5.01 Å². The molecule has 2 aliphatic heterocycles. The van der Waals surface area contributed by atoms with Crippen LogP contribution in [0.25, 0.3) is 0 Å². The van der Waals surface area contributed by atoms with Gasteiger partial charge in [-0.15, -0.1) is 0 Å². The number of nitrogens with one attached hydrogen (secondary N) is 1. The second kappa shape index (κ2) is 8.90. The fraction of sp³-hybridized carbons (Fsp3) is 0.304. The molecule has 1 atom stereocenters. The van der Waals surface area contributed by atoms with E-state index in [9.17, 15) is 14.4 Å². The molecule has 1 fully saturated rings. The van der Waals surface area contributed by atoms with Gasteiger partial charge in [0.25, 0.3) is 5.91 Å². The van der Waals surface area contributed by atoms with Gasteiger partial charge in [-0.05, 0) is 37.1 Å². The molecule has 1 N–H and O–H groups in total. The maximum atomic E-state index is 13.1. The van der Waals surface area contributed by atoms with Crippen molar-refractivity contribution in [2.24, 2.45) is 11.0 Å². The SMILES string of the molecule is O=C(Nc1ccccc1)C1CCCN(C(=O)C2=NN(c3ccccc3)C(=O)CC2)C1. The standard InChI is InChI=1S/C23H24N4O3/c28-21-14-13-20(25-27(21)19-11-5-2-6-12-19)23(30)26-15-7-8-17(16-26)22(29)24-18-9-3-1-4-10-18/h1-6,9-12,17H,7-8,13-16H2,(H,24,29). The number of para-hydroxylation sites is 2. The molecule has 2 heterocycles. The molecule has 7 nitrogen and oxygen atoms in total. The molecule has 0 saturated carbocycles. The molecule has 7 heteroatoms. The number of benzene rings is 2. The van der Waals surface area contributed by atoms with E-state index in [1.54, 1.807) is 17.0 Å². The van der Waals surface area contributed by atoms with Crippen molar-refractivity contribution in [3.8, 4) is 0 Å². The van der Waals surface area contributed by atoms with Gasteiger partial charge in [-0.2, -0.15) is 5.10 Å². The summed E-state index contributed by atoms with van der Waals surface area (Å²) in [5.41, 5.74) is 1.76. The lowest BCUT2D eigenvalue weighted by Crippen LogP contribution is -2.47. The van der Waals surface area contributed by atoms with Crippen LogP contribution >= 0.6 is 0 Å². The van der Waals surface area contributed by atoms with E-state index < -0.39 is 0 Å². The lowest BCUT2D eigenvalue weighted by atomic mass is 9.96. The molecule has 2 aliphatic rings. The predicted octanol–water partition coefficient (Wildman–Crippen LogP) is 3.05. The maximum absolute atomic E-state index is 13.1. The highest BCUT2D eigenvalue weighted by atomic mass is 16.2. The minimum atomic E-state index is -0.265. The van der Waals surface area contributed by atoms with E-state index in [1.165, 1.54) is 5.01 Å². The van der Waals surface area contributed by atoms with Crippen LogP contribution in [0.1, 0.15) is 25.7 Å². The quantitative estimate of drug-likeness (QED) is 0.850. The number of rotatable bonds is 4. The van der Waals surface area contributed by atoms with E-state index in [0.29, 0.717) is 30.9 Å². The van der Waals surface area contributed by atoms with E-state index in [2.05, 4.69) is 10.4 Å². The van der Waals surface area contributed by atoms with Crippen molar-refractivity contribution < 1.29 is 14.4 Å². The Kier molecular flexibility index (Phi) is 5.88. The number of hydrazone groups is 1. The minimum absolute atomic E-state index is 0.0784. The largest absolute Gasteiger partial charge is 0.337 e. The van der Waals surface area contributed by atoms with Crippen molar-refractivity contribution in [1.82, 2.24) is 4.90 Å². The highest BCUT2D eigenvalue weighted by Crippen LogP contribution is 2.23. The first kappa shape index (κ1) is 19.8. The van der Waals surface area contributed by atoms with E-state index in [1.807, 2.05) is 48.5 Å². The monoisotopic (exact) mass is 404 g/mol. The Bertz CT molecular complexity index is 959. The Morgan fingerprint density at radius 3 is 2.40 bits per heavy atom. The highest BCUT2D eigenvalue weighted by molar-refractivity contribution is 6.40. The van der Waals surface area contributed by atoms with Crippen molar-refractivity contribution in [3.63, 3.8) is 0 Å². The zero-order chi connectivity index (χ0) is 20.9. The first-order valence-electron chi connectivity index (χ1n) is 10.2. The van der Waals surface area contributed by atoms with Crippen LogP contribution in [0.15, 0.2) is 65.8 Å². The number of hydrogen-bond donors (Lipinski definition) is 1. The zero-order valence-corrected chi connectivity index (χ0v) is 16.7. The van der Waals surface area contributed by atoms with Gasteiger partial charge in [0.15, 0.2) is 0 Å². The molecule has 154 valence electrons. The van der Waals surface area contributed by atoms with Gasteiger partial charge in [-0.3, -0.25) is 14.4 Å². The molecule has 30 heavy (non-hydrogen) atoms. The summed E-state index contributed by atoms with van der Waals surface area (Å²) < 4.78 is 0. The Morgan fingerprint density at radius 1 is 0.967 bits per heavy atom. The summed E-state index contributed by atoms with van der Waals surface area (Å²) >= 11 is 0. The molecule has 0 spiro atoms. The molecule has 3 amide bonds.